The van der Waals surface area contributed by atoms with Crippen molar-refractivity contribution in [2.75, 3.05) is 33.0 Å². The van der Waals surface area contributed by atoms with Crippen LogP contribution in [0.1, 0.15) is 24.5 Å². The molecule has 0 saturated carbocycles. The Hall–Kier alpha value is -1.93. The lowest BCUT2D eigenvalue weighted by molar-refractivity contribution is -0.116. The van der Waals surface area contributed by atoms with Gasteiger partial charge in [0.2, 0.25) is 15.9 Å². The van der Waals surface area contributed by atoms with E-state index in [-0.39, 0.29) is 22.9 Å². The first-order valence-corrected chi connectivity index (χ1v) is 11.2. The molecule has 2 aromatic carbocycles. The van der Waals surface area contributed by atoms with Gasteiger partial charge < -0.3 is 10.2 Å². The molecule has 8 heteroatoms. The quantitative estimate of drug-likeness (QED) is 0.650. The Kier molecular flexibility index (Phi) is 8.22. The molecule has 2 aromatic rings. The maximum absolute atomic E-state index is 12.3. The molecule has 0 atom stereocenters. The largest absolute Gasteiger partial charge is 0.325 e. The second-order valence-electron chi connectivity index (χ2n) is 7.14. The van der Waals surface area contributed by atoms with E-state index in [9.17, 15) is 13.2 Å². The van der Waals surface area contributed by atoms with Gasteiger partial charge in [-0.3, -0.25) is 4.79 Å². The number of nitrogens with one attached hydrogen (secondary N) is 1. The molecular formula is C21H28ClN3O3S. The number of aryl methyl sites for hydroxylation is 1. The van der Waals surface area contributed by atoms with Gasteiger partial charge in [0.05, 0.1) is 15.6 Å². The van der Waals surface area contributed by atoms with E-state index in [4.69, 9.17) is 11.6 Å². The number of carbonyl (C=O) groups is 1. The van der Waals surface area contributed by atoms with Crippen LogP contribution >= 0.6 is 11.6 Å². The highest BCUT2D eigenvalue weighted by atomic mass is 35.5. The molecule has 0 saturated heterocycles. The van der Waals surface area contributed by atoms with Gasteiger partial charge in [0, 0.05) is 33.6 Å². The Morgan fingerprint density at radius 2 is 1.66 bits per heavy atom. The summed E-state index contributed by atoms with van der Waals surface area (Å²) in [4.78, 5) is 14.5. The highest BCUT2D eigenvalue weighted by Crippen LogP contribution is 2.26. The molecule has 0 fully saturated rings. The minimum atomic E-state index is -3.60. The topological polar surface area (TPSA) is 69.7 Å². The molecular weight excluding hydrogens is 410 g/mol. The van der Waals surface area contributed by atoms with Gasteiger partial charge in [0.1, 0.15) is 0 Å². The molecule has 1 amide bonds. The van der Waals surface area contributed by atoms with E-state index in [1.54, 1.807) is 0 Å². The fraction of sp³-hybridized carbons (Fsp3) is 0.381. The van der Waals surface area contributed by atoms with Crippen LogP contribution in [0.15, 0.2) is 47.4 Å². The lowest BCUT2D eigenvalue weighted by atomic mass is 10.1. The highest BCUT2D eigenvalue weighted by molar-refractivity contribution is 7.89. The lowest BCUT2D eigenvalue weighted by Crippen LogP contribution is -2.24. The Morgan fingerprint density at radius 3 is 2.24 bits per heavy atom. The zero-order valence-electron chi connectivity index (χ0n) is 17.3. The third-order valence-electron chi connectivity index (χ3n) is 4.59. The standard InChI is InChI=1S/C21H28ClN3O3S/c1-5-16-6-8-17(9-7-16)15-25(4)13-12-21(26)23-20-14-18(10-11-19(20)22)29(27,28)24(2)3/h6-11,14H,5,12-13,15H2,1-4H3,(H,23,26). The van der Waals surface area contributed by atoms with Crippen molar-refractivity contribution in [3.05, 3.63) is 58.6 Å². The van der Waals surface area contributed by atoms with Crippen LogP contribution in [0.2, 0.25) is 5.02 Å². The van der Waals surface area contributed by atoms with Crippen molar-refractivity contribution in [3.8, 4) is 0 Å². The van der Waals surface area contributed by atoms with Gasteiger partial charge >= 0.3 is 0 Å². The summed E-state index contributed by atoms with van der Waals surface area (Å²) >= 11 is 6.13. The molecule has 0 aliphatic heterocycles. The van der Waals surface area contributed by atoms with Crippen LogP contribution in [0.3, 0.4) is 0 Å². The highest BCUT2D eigenvalue weighted by Gasteiger charge is 2.19. The summed E-state index contributed by atoms with van der Waals surface area (Å²) in [5, 5.41) is 3.01. The molecule has 29 heavy (non-hydrogen) atoms. The predicted octanol–water partition coefficient (Wildman–Crippen LogP) is 3.61. The van der Waals surface area contributed by atoms with Crippen LogP contribution in [0.25, 0.3) is 0 Å². The molecule has 0 aliphatic rings. The maximum Gasteiger partial charge on any atom is 0.242 e. The number of nitrogens with zero attached hydrogens (tertiary/aromatic N) is 2. The van der Waals surface area contributed by atoms with Gasteiger partial charge in [-0.1, -0.05) is 42.8 Å². The second kappa shape index (κ2) is 10.2. The van der Waals surface area contributed by atoms with Crippen molar-refractivity contribution in [2.24, 2.45) is 0 Å². The number of rotatable bonds is 9. The third kappa shape index (κ3) is 6.54. The zero-order chi connectivity index (χ0) is 21.6. The fourth-order valence-corrected chi connectivity index (χ4v) is 3.84. The zero-order valence-corrected chi connectivity index (χ0v) is 18.8. The van der Waals surface area contributed by atoms with Gasteiger partial charge in [-0.2, -0.15) is 0 Å². The van der Waals surface area contributed by atoms with E-state index < -0.39 is 10.0 Å². The minimum absolute atomic E-state index is 0.0786. The summed E-state index contributed by atoms with van der Waals surface area (Å²) in [6, 6.07) is 12.7. The van der Waals surface area contributed by atoms with Gasteiger partial charge in [-0.25, -0.2) is 12.7 Å². The van der Waals surface area contributed by atoms with Crippen molar-refractivity contribution in [2.45, 2.75) is 31.2 Å². The predicted molar refractivity (Wildman–Crippen MR) is 118 cm³/mol. The maximum atomic E-state index is 12.3. The number of sulfonamides is 1. The van der Waals surface area contributed by atoms with E-state index in [2.05, 4.69) is 41.4 Å². The van der Waals surface area contributed by atoms with Crippen LogP contribution in [-0.4, -0.2) is 51.2 Å². The van der Waals surface area contributed by atoms with Crippen molar-refractivity contribution in [1.82, 2.24) is 9.21 Å². The van der Waals surface area contributed by atoms with Crippen molar-refractivity contribution in [1.29, 1.82) is 0 Å². The molecule has 2 rings (SSSR count). The van der Waals surface area contributed by atoms with E-state index in [0.29, 0.717) is 11.6 Å². The molecule has 0 aliphatic carbocycles. The van der Waals surface area contributed by atoms with Gasteiger partial charge in [-0.05, 0) is 42.8 Å². The van der Waals surface area contributed by atoms with Crippen molar-refractivity contribution >= 4 is 33.2 Å². The number of benzene rings is 2. The van der Waals surface area contributed by atoms with Gasteiger partial charge in [-0.15, -0.1) is 0 Å². The smallest absolute Gasteiger partial charge is 0.242 e. The average Bonchev–Trinajstić information content (AvgIpc) is 2.68. The molecule has 0 unspecified atom stereocenters. The van der Waals surface area contributed by atoms with E-state index >= 15 is 0 Å². The van der Waals surface area contributed by atoms with Crippen LogP contribution < -0.4 is 5.32 Å². The number of halogens is 1. The molecule has 0 aromatic heterocycles. The molecule has 0 bridgehead atoms. The van der Waals surface area contributed by atoms with E-state index in [1.165, 1.54) is 43.4 Å². The summed E-state index contributed by atoms with van der Waals surface area (Å²) in [7, 11) is 1.26. The summed E-state index contributed by atoms with van der Waals surface area (Å²) in [5.41, 5.74) is 2.78. The fourth-order valence-electron chi connectivity index (χ4n) is 2.75. The van der Waals surface area contributed by atoms with Crippen LogP contribution in [0.5, 0.6) is 0 Å². The van der Waals surface area contributed by atoms with Crippen molar-refractivity contribution in [3.63, 3.8) is 0 Å². The van der Waals surface area contributed by atoms with Crippen LogP contribution in [-0.2, 0) is 27.8 Å². The molecule has 0 radical (unpaired) electrons. The normalized spacial score (nSPS) is 11.8. The lowest BCUT2D eigenvalue weighted by Gasteiger charge is -2.17. The molecule has 158 valence electrons. The molecule has 0 heterocycles. The molecule has 6 nitrogen and oxygen atoms in total. The minimum Gasteiger partial charge on any atom is -0.325 e. The summed E-state index contributed by atoms with van der Waals surface area (Å²) in [6.07, 6.45) is 1.28. The first-order valence-electron chi connectivity index (χ1n) is 9.41. The summed E-state index contributed by atoms with van der Waals surface area (Å²) in [6.45, 7) is 3.43. The van der Waals surface area contributed by atoms with Crippen molar-refractivity contribution < 1.29 is 13.2 Å². The van der Waals surface area contributed by atoms with Crippen LogP contribution in [0.4, 0.5) is 5.69 Å². The molecule has 1 N–H and O–H groups in total. The van der Waals surface area contributed by atoms with Gasteiger partial charge in [0.15, 0.2) is 0 Å². The third-order valence-corrected chi connectivity index (χ3v) is 6.74. The number of hydrogen-bond donors (Lipinski definition) is 1. The number of anilines is 1. The Bertz CT molecular complexity index is 944. The van der Waals surface area contributed by atoms with E-state index in [1.807, 2.05) is 7.05 Å². The Labute approximate surface area is 178 Å². The average molecular weight is 438 g/mol. The second-order valence-corrected chi connectivity index (χ2v) is 9.69. The summed E-state index contributed by atoms with van der Waals surface area (Å²) < 4.78 is 25.7. The van der Waals surface area contributed by atoms with Gasteiger partial charge in [0.25, 0.3) is 0 Å². The first kappa shape index (κ1) is 23.3. The van der Waals surface area contributed by atoms with Crippen LogP contribution in [0, 0.1) is 0 Å². The monoisotopic (exact) mass is 437 g/mol. The Balaban J connectivity index is 1.94. The summed E-state index contributed by atoms with van der Waals surface area (Å²) in [5.74, 6) is -0.223. The number of carbonyl (C=O) groups excluding carboxylic acids is 1. The first-order chi connectivity index (χ1) is 13.6. The molecule has 0 spiro atoms. The Morgan fingerprint density at radius 1 is 1.03 bits per heavy atom. The van der Waals surface area contributed by atoms with E-state index in [0.717, 1.165) is 17.3 Å². The SMILES string of the molecule is CCc1ccc(CN(C)CCC(=O)Nc2cc(S(=O)(=O)N(C)C)ccc2Cl)cc1. The number of amides is 1. The number of hydrogen-bond acceptors (Lipinski definition) is 4.